The van der Waals surface area contributed by atoms with Crippen LogP contribution in [0.25, 0.3) is 0 Å². The Balaban J connectivity index is 2.26. The van der Waals surface area contributed by atoms with Gasteiger partial charge in [0.2, 0.25) is 5.91 Å². The lowest BCUT2D eigenvalue weighted by atomic mass is 9.80. The molecule has 0 spiro atoms. The van der Waals surface area contributed by atoms with Crippen LogP contribution < -0.4 is 4.90 Å². The van der Waals surface area contributed by atoms with Crippen LogP contribution in [0.1, 0.15) is 38.5 Å². The number of hydrogen-bond donors (Lipinski definition) is 0. The molecular formula is C16H19FN2O. The number of halogens is 1. The second-order valence-electron chi connectivity index (χ2n) is 5.45. The molecule has 1 saturated carbocycles. The molecule has 1 aliphatic rings. The van der Waals surface area contributed by atoms with Crippen LogP contribution in [0, 0.1) is 22.6 Å². The van der Waals surface area contributed by atoms with Gasteiger partial charge in [-0.25, -0.2) is 4.39 Å². The van der Waals surface area contributed by atoms with Crippen LogP contribution >= 0.6 is 0 Å². The summed E-state index contributed by atoms with van der Waals surface area (Å²) < 4.78 is 13.3. The summed E-state index contributed by atoms with van der Waals surface area (Å²) in [6, 6.07) is 8.15. The maximum Gasteiger partial charge on any atom is 0.247 e. The average Bonchev–Trinajstić information content (AvgIpc) is 2.72. The highest BCUT2D eigenvalue weighted by Crippen LogP contribution is 2.37. The molecule has 1 fully saturated rings. The van der Waals surface area contributed by atoms with Crippen molar-refractivity contribution >= 4 is 11.6 Å². The van der Waals surface area contributed by atoms with Crippen molar-refractivity contribution in [2.75, 3.05) is 11.9 Å². The van der Waals surface area contributed by atoms with Crippen molar-refractivity contribution in [2.45, 2.75) is 38.5 Å². The van der Waals surface area contributed by atoms with Crippen LogP contribution in [0.5, 0.6) is 0 Å². The van der Waals surface area contributed by atoms with Crippen LogP contribution in [0.15, 0.2) is 24.3 Å². The fraction of sp³-hybridized carbons (Fsp3) is 0.500. The normalized spacial score (nSPS) is 17.9. The Hall–Kier alpha value is -1.89. The van der Waals surface area contributed by atoms with E-state index in [-0.39, 0.29) is 11.7 Å². The molecular weight excluding hydrogens is 255 g/mol. The van der Waals surface area contributed by atoms with E-state index in [1.807, 2.05) is 0 Å². The van der Waals surface area contributed by atoms with E-state index in [4.69, 9.17) is 0 Å². The fourth-order valence-corrected chi connectivity index (χ4v) is 2.83. The average molecular weight is 274 g/mol. The molecule has 3 nitrogen and oxygen atoms in total. The van der Waals surface area contributed by atoms with Gasteiger partial charge in [-0.3, -0.25) is 4.79 Å². The number of anilines is 1. The Morgan fingerprint density at radius 3 is 2.50 bits per heavy atom. The Morgan fingerprint density at radius 1 is 1.30 bits per heavy atom. The summed E-state index contributed by atoms with van der Waals surface area (Å²) in [5.41, 5.74) is -0.453. The summed E-state index contributed by atoms with van der Waals surface area (Å²) in [5.74, 6) is -0.596. The molecule has 0 aromatic heterocycles. The first-order valence-electron chi connectivity index (χ1n) is 7.04. The number of nitriles is 1. The van der Waals surface area contributed by atoms with Gasteiger partial charge in [-0.2, -0.15) is 5.26 Å². The Morgan fingerprint density at radius 2 is 1.95 bits per heavy atom. The molecule has 0 aliphatic heterocycles. The minimum Gasteiger partial charge on any atom is -0.314 e. The third-order valence-corrected chi connectivity index (χ3v) is 4.08. The monoisotopic (exact) mass is 274 g/mol. The number of carbonyl (C=O) groups excluding carboxylic acids is 1. The lowest BCUT2D eigenvalue weighted by molar-refractivity contribution is -0.125. The second kappa shape index (κ2) is 6.04. The van der Waals surface area contributed by atoms with Crippen LogP contribution in [0.2, 0.25) is 0 Å². The van der Waals surface area contributed by atoms with E-state index in [1.165, 1.54) is 17.0 Å². The molecule has 0 heterocycles. The van der Waals surface area contributed by atoms with Crippen molar-refractivity contribution in [3.8, 4) is 6.07 Å². The SMILES string of the molecule is CN(C(=O)C1(C#N)CCCCCC1)c1cccc(F)c1. The largest absolute Gasteiger partial charge is 0.314 e. The van der Waals surface area contributed by atoms with Gasteiger partial charge in [0.1, 0.15) is 11.2 Å². The number of amides is 1. The van der Waals surface area contributed by atoms with E-state index < -0.39 is 5.41 Å². The molecule has 1 aromatic carbocycles. The highest BCUT2D eigenvalue weighted by atomic mass is 19.1. The van der Waals surface area contributed by atoms with Gasteiger partial charge in [-0.15, -0.1) is 0 Å². The molecule has 106 valence electrons. The van der Waals surface area contributed by atoms with Gasteiger partial charge in [0.15, 0.2) is 0 Å². The summed E-state index contributed by atoms with van der Waals surface area (Å²) in [7, 11) is 1.61. The van der Waals surface area contributed by atoms with Gasteiger partial charge < -0.3 is 4.90 Å². The van der Waals surface area contributed by atoms with Gasteiger partial charge in [0.25, 0.3) is 0 Å². The lowest BCUT2D eigenvalue weighted by Gasteiger charge is -2.29. The van der Waals surface area contributed by atoms with Gasteiger partial charge in [0.05, 0.1) is 6.07 Å². The quantitative estimate of drug-likeness (QED) is 0.773. The lowest BCUT2D eigenvalue weighted by Crippen LogP contribution is -2.41. The first-order chi connectivity index (χ1) is 9.59. The topological polar surface area (TPSA) is 44.1 Å². The summed E-state index contributed by atoms with van der Waals surface area (Å²) in [5, 5.41) is 9.52. The molecule has 0 N–H and O–H groups in total. The third kappa shape index (κ3) is 2.82. The van der Waals surface area contributed by atoms with Crippen molar-refractivity contribution in [1.82, 2.24) is 0 Å². The van der Waals surface area contributed by atoms with Crippen molar-refractivity contribution < 1.29 is 9.18 Å². The van der Waals surface area contributed by atoms with Gasteiger partial charge >= 0.3 is 0 Å². The molecule has 0 atom stereocenters. The summed E-state index contributed by atoms with van der Waals surface area (Å²) in [4.78, 5) is 14.1. The zero-order valence-corrected chi connectivity index (χ0v) is 11.7. The summed E-state index contributed by atoms with van der Waals surface area (Å²) >= 11 is 0. The number of benzene rings is 1. The smallest absolute Gasteiger partial charge is 0.247 e. The minimum atomic E-state index is -0.947. The maximum absolute atomic E-state index is 13.3. The standard InChI is InChI=1S/C16H19FN2O/c1-19(14-8-6-7-13(17)11-14)15(20)16(12-18)9-4-2-3-5-10-16/h6-8,11H,2-5,9-10H2,1H3. The Labute approximate surface area is 119 Å². The van der Waals surface area contributed by atoms with Crippen molar-refractivity contribution in [1.29, 1.82) is 5.26 Å². The number of nitrogens with zero attached hydrogens (tertiary/aromatic N) is 2. The molecule has 1 aliphatic carbocycles. The van der Waals surface area contributed by atoms with E-state index in [0.717, 1.165) is 25.7 Å². The van der Waals surface area contributed by atoms with E-state index in [2.05, 4.69) is 6.07 Å². The van der Waals surface area contributed by atoms with Gasteiger partial charge in [0, 0.05) is 12.7 Å². The fourth-order valence-electron chi connectivity index (χ4n) is 2.83. The molecule has 4 heteroatoms. The summed E-state index contributed by atoms with van der Waals surface area (Å²) in [6.45, 7) is 0. The highest BCUT2D eigenvalue weighted by Gasteiger charge is 2.41. The second-order valence-corrected chi connectivity index (χ2v) is 5.45. The van der Waals surface area contributed by atoms with Crippen LogP contribution in [-0.2, 0) is 4.79 Å². The summed E-state index contributed by atoms with van der Waals surface area (Å²) in [6.07, 6.45) is 5.14. The number of hydrogen-bond acceptors (Lipinski definition) is 2. The van der Waals surface area contributed by atoms with E-state index in [9.17, 15) is 14.4 Å². The number of carbonyl (C=O) groups is 1. The van der Waals surface area contributed by atoms with Gasteiger partial charge in [-0.1, -0.05) is 31.7 Å². The Kier molecular flexibility index (Phi) is 4.39. The zero-order valence-electron chi connectivity index (χ0n) is 11.7. The molecule has 2 rings (SSSR count). The maximum atomic E-state index is 13.3. The molecule has 1 aromatic rings. The molecule has 0 unspecified atom stereocenters. The molecule has 0 saturated heterocycles. The van der Waals surface area contributed by atoms with E-state index in [1.54, 1.807) is 19.2 Å². The minimum absolute atomic E-state index is 0.215. The highest BCUT2D eigenvalue weighted by molar-refractivity contribution is 5.98. The molecule has 1 amide bonds. The van der Waals surface area contributed by atoms with E-state index >= 15 is 0 Å². The molecule has 20 heavy (non-hydrogen) atoms. The predicted molar refractivity (Wildman–Crippen MR) is 75.6 cm³/mol. The first-order valence-corrected chi connectivity index (χ1v) is 7.04. The predicted octanol–water partition coefficient (Wildman–Crippen LogP) is 3.65. The van der Waals surface area contributed by atoms with E-state index in [0.29, 0.717) is 18.5 Å². The van der Waals surface area contributed by atoms with Crippen molar-refractivity contribution in [2.24, 2.45) is 5.41 Å². The van der Waals surface area contributed by atoms with Crippen molar-refractivity contribution in [3.63, 3.8) is 0 Å². The third-order valence-electron chi connectivity index (χ3n) is 4.08. The molecule has 0 radical (unpaired) electrons. The van der Waals surface area contributed by atoms with Crippen LogP contribution in [-0.4, -0.2) is 13.0 Å². The van der Waals surface area contributed by atoms with Crippen LogP contribution in [0.4, 0.5) is 10.1 Å². The first kappa shape index (κ1) is 14.5. The van der Waals surface area contributed by atoms with Crippen molar-refractivity contribution in [3.05, 3.63) is 30.1 Å². The Bertz CT molecular complexity index is 528. The zero-order chi connectivity index (χ0) is 14.6. The number of rotatable bonds is 2. The van der Waals surface area contributed by atoms with Crippen LogP contribution in [0.3, 0.4) is 0 Å². The van der Waals surface area contributed by atoms with Gasteiger partial charge in [-0.05, 0) is 31.0 Å². The molecule has 0 bridgehead atoms.